The van der Waals surface area contributed by atoms with Gasteiger partial charge in [-0.2, -0.15) is 5.10 Å². The van der Waals surface area contributed by atoms with Crippen molar-refractivity contribution < 1.29 is 19.0 Å². The summed E-state index contributed by atoms with van der Waals surface area (Å²) in [6.45, 7) is 2.37. The molecule has 0 radical (unpaired) electrons. The average molecular weight is 435 g/mol. The zero-order valence-electron chi connectivity index (χ0n) is 18.5. The summed E-state index contributed by atoms with van der Waals surface area (Å²) >= 11 is 0. The van der Waals surface area contributed by atoms with Crippen LogP contribution in [-0.4, -0.2) is 46.4 Å². The van der Waals surface area contributed by atoms with Crippen molar-refractivity contribution in [3.8, 4) is 17.2 Å². The van der Waals surface area contributed by atoms with Crippen LogP contribution in [0.4, 0.5) is 5.82 Å². The average Bonchev–Trinajstić information content (AvgIpc) is 3.41. The predicted molar refractivity (Wildman–Crippen MR) is 120 cm³/mol. The molecule has 0 fully saturated rings. The fourth-order valence-corrected chi connectivity index (χ4v) is 3.70. The molecule has 0 aliphatic rings. The fourth-order valence-electron chi connectivity index (χ4n) is 3.70. The Labute approximate surface area is 185 Å². The number of carbonyl (C=O) groups is 1. The van der Waals surface area contributed by atoms with Gasteiger partial charge in [0.1, 0.15) is 11.5 Å². The van der Waals surface area contributed by atoms with Crippen molar-refractivity contribution in [2.45, 2.75) is 19.9 Å². The third-order valence-corrected chi connectivity index (χ3v) is 5.24. The lowest BCUT2D eigenvalue weighted by molar-refractivity contribution is -0.115. The third-order valence-electron chi connectivity index (χ3n) is 5.24. The number of hydrogen-bond acceptors (Lipinski definition) is 6. The topological polar surface area (TPSA) is 91.9 Å². The van der Waals surface area contributed by atoms with Crippen molar-refractivity contribution in [2.75, 3.05) is 26.6 Å². The molecule has 3 aromatic heterocycles. The second-order valence-corrected chi connectivity index (χ2v) is 7.23. The number of hydrogen-bond donors (Lipinski definition) is 1. The van der Waals surface area contributed by atoms with Crippen molar-refractivity contribution in [2.24, 2.45) is 0 Å². The number of imidazole rings is 1. The molecule has 0 aliphatic carbocycles. The highest BCUT2D eigenvalue weighted by molar-refractivity contribution is 5.91. The number of fused-ring (bicyclic) bond motifs is 1. The lowest BCUT2D eigenvalue weighted by Gasteiger charge is -2.16. The van der Waals surface area contributed by atoms with Crippen LogP contribution in [-0.2, 0) is 17.8 Å². The first-order valence-corrected chi connectivity index (χ1v) is 10.1. The van der Waals surface area contributed by atoms with Gasteiger partial charge in [0.15, 0.2) is 11.5 Å². The zero-order valence-corrected chi connectivity index (χ0v) is 18.5. The van der Waals surface area contributed by atoms with Gasteiger partial charge >= 0.3 is 0 Å². The molecule has 9 heteroatoms. The highest BCUT2D eigenvalue weighted by atomic mass is 16.5. The first-order valence-electron chi connectivity index (χ1n) is 10.1. The van der Waals surface area contributed by atoms with E-state index >= 15 is 0 Å². The van der Waals surface area contributed by atoms with Crippen molar-refractivity contribution >= 4 is 17.4 Å². The molecule has 32 heavy (non-hydrogen) atoms. The van der Waals surface area contributed by atoms with E-state index in [1.807, 2.05) is 41.8 Å². The smallest absolute Gasteiger partial charge is 0.231 e. The number of pyridine rings is 1. The Hall–Kier alpha value is -4.01. The van der Waals surface area contributed by atoms with Crippen LogP contribution < -0.4 is 19.5 Å². The SMILES string of the molecule is COc1ccc(Cn2nccc2NC(=O)Cc2cnc3c(C)cccn23)c(OC)c1OC. The molecular weight excluding hydrogens is 410 g/mol. The number of aromatic nitrogens is 4. The third kappa shape index (κ3) is 3.96. The molecule has 0 bridgehead atoms. The second kappa shape index (κ2) is 9.01. The molecule has 4 rings (SSSR count). The molecular formula is C23H25N5O4. The second-order valence-electron chi connectivity index (χ2n) is 7.23. The number of methoxy groups -OCH3 is 3. The zero-order chi connectivity index (χ0) is 22.7. The monoisotopic (exact) mass is 435 g/mol. The number of anilines is 1. The van der Waals surface area contributed by atoms with E-state index in [-0.39, 0.29) is 12.3 Å². The Kier molecular flexibility index (Phi) is 5.98. The van der Waals surface area contributed by atoms with E-state index in [9.17, 15) is 4.79 Å². The molecule has 3 heterocycles. The number of ether oxygens (including phenoxy) is 3. The number of rotatable bonds is 8. The normalized spacial score (nSPS) is 10.9. The lowest BCUT2D eigenvalue weighted by Crippen LogP contribution is -2.19. The molecule has 0 aliphatic heterocycles. The van der Waals surface area contributed by atoms with Crippen LogP contribution in [0.25, 0.3) is 5.65 Å². The predicted octanol–water partition coefficient (Wildman–Crippen LogP) is 3.09. The summed E-state index contributed by atoms with van der Waals surface area (Å²) in [6.07, 6.45) is 5.47. The van der Waals surface area contributed by atoms with E-state index in [4.69, 9.17) is 14.2 Å². The number of benzene rings is 1. The summed E-state index contributed by atoms with van der Waals surface area (Å²) in [6, 6.07) is 9.38. The quantitative estimate of drug-likeness (QED) is 0.457. The number of nitrogens with one attached hydrogen (secondary N) is 1. The van der Waals surface area contributed by atoms with E-state index in [0.717, 1.165) is 22.5 Å². The molecule has 0 unspecified atom stereocenters. The number of aryl methyl sites for hydroxylation is 1. The molecule has 1 aromatic carbocycles. The summed E-state index contributed by atoms with van der Waals surface area (Å²) < 4.78 is 20.0. The standard InChI is InChI=1S/C23H25N5O4/c1-15-6-5-11-27-17(13-24-23(15)27)12-20(29)26-19-9-10-25-28(19)14-16-7-8-18(30-2)22(32-4)21(16)31-3/h5-11,13H,12,14H2,1-4H3,(H,26,29). The molecule has 0 saturated carbocycles. The van der Waals surface area contributed by atoms with Gasteiger partial charge in [0.05, 0.1) is 46.2 Å². The minimum Gasteiger partial charge on any atom is -0.493 e. The first kappa shape index (κ1) is 21.2. The molecule has 1 N–H and O–H groups in total. The van der Waals surface area contributed by atoms with Gasteiger partial charge in [-0.1, -0.05) is 6.07 Å². The summed E-state index contributed by atoms with van der Waals surface area (Å²) in [7, 11) is 4.71. The van der Waals surface area contributed by atoms with Crippen molar-refractivity contribution in [1.82, 2.24) is 19.2 Å². The summed E-state index contributed by atoms with van der Waals surface area (Å²) in [5.41, 5.74) is 3.55. The van der Waals surface area contributed by atoms with E-state index in [1.54, 1.807) is 44.5 Å². The van der Waals surface area contributed by atoms with E-state index in [0.29, 0.717) is 29.6 Å². The Bertz CT molecular complexity index is 1260. The highest BCUT2D eigenvalue weighted by Gasteiger charge is 2.18. The van der Waals surface area contributed by atoms with Crippen LogP contribution in [0.3, 0.4) is 0 Å². The van der Waals surface area contributed by atoms with E-state index in [2.05, 4.69) is 15.4 Å². The van der Waals surface area contributed by atoms with Gasteiger partial charge in [-0.05, 0) is 30.7 Å². The van der Waals surface area contributed by atoms with Crippen LogP contribution >= 0.6 is 0 Å². The van der Waals surface area contributed by atoms with Crippen LogP contribution in [0.1, 0.15) is 16.8 Å². The van der Waals surface area contributed by atoms with Crippen LogP contribution in [0.5, 0.6) is 17.2 Å². The van der Waals surface area contributed by atoms with E-state index in [1.165, 1.54) is 0 Å². The molecule has 0 saturated heterocycles. The van der Waals surface area contributed by atoms with Crippen LogP contribution in [0.15, 0.2) is 48.9 Å². The van der Waals surface area contributed by atoms with Gasteiger partial charge in [0.2, 0.25) is 11.7 Å². The van der Waals surface area contributed by atoms with Gasteiger partial charge in [-0.25, -0.2) is 9.67 Å². The molecule has 9 nitrogen and oxygen atoms in total. The Morgan fingerprint density at radius 3 is 2.62 bits per heavy atom. The van der Waals surface area contributed by atoms with Crippen LogP contribution in [0.2, 0.25) is 0 Å². The summed E-state index contributed by atoms with van der Waals surface area (Å²) in [4.78, 5) is 17.2. The minimum absolute atomic E-state index is 0.158. The first-order chi connectivity index (χ1) is 15.5. The maximum absolute atomic E-state index is 12.8. The van der Waals surface area contributed by atoms with Gasteiger partial charge in [-0.15, -0.1) is 0 Å². The molecule has 1 amide bonds. The fraction of sp³-hybridized carbons (Fsp3) is 0.261. The van der Waals surface area contributed by atoms with Crippen molar-refractivity contribution in [3.63, 3.8) is 0 Å². The van der Waals surface area contributed by atoms with Gasteiger partial charge in [0, 0.05) is 24.0 Å². The maximum atomic E-state index is 12.8. The number of amides is 1. The van der Waals surface area contributed by atoms with Gasteiger partial charge < -0.3 is 23.9 Å². The van der Waals surface area contributed by atoms with Crippen molar-refractivity contribution in [3.05, 3.63) is 65.7 Å². The molecule has 0 spiro atoms. The lowest BCUT2D eigenvalue weighted by atomic mass is 10.1. The maximum Gasteiger partial charge on any atom is 0.231 e. The Morgan fingerprint density at radius 2 is 1.88 bits per heavy atom. The van der Waals surface area contributed by atoms with E-state index < -0.39 is 0 Å². The van der Waals surface area contributed by atoms with Gasteiger partial charge in [0.25, 0.3) is 0 Å². The van der Waals surface area contributed by atoms with Crippen molar-refractivity contribution in [1.29, 1.82) is 0 Å². The largest absolute Gasteiger partial charge is 0.493 e. The number of carbonyl (C=O) groups excluding carboxylic acids is 1. The molecule has 4 aromatic rings. The molecule has 166 valence electrons. The minimum atomic E-state index is -0.158. The number of nitrogens with zero attached hydrogens (tertiary/aromatic N) is 4. The Balaban J connectivity index is 1.53. The van der Waals surface area contributed by atoms with Crippen LogP contribution in [0, 0.1) is 6.92 Å². The van der Waals surface area contributed by atoms with Gasteiger partial charge in [-0.3, -0.25) is 4.79 Å². The molecule has 0 atom stereocenters. The summed E-state index contributed by atoms with van der Waals surface area (Å²) in [5, 5.41) is 7.29. The highest BCUT2D eigenvalue weighted by Crippen LogP contribution is 2.40. The summed E-state index contributed by atoms with van der Waals surface area (Å²) in [5.74, 6) is 2.06. The Morgan fingerprint density at radius 1 is 1.06 bits per heavy atom.